The number of benzene rings is 1. The van der Waals surface area contributed by atoms with E-state index < -0.39 is 0 Å². The Morgan fingerprint density at radius 3 is 2.73 bits per heavy atom. The van der Waals surface area contributed by atoms with Gasteiger partial charge in [-0.25, -0.2) is 0 Å². The number of hydrogen-bond acceptors (Lipinski definition) is 2. The first kappa shape index (κ1) is 11.9. The van der Waals surface area contributed by atoms with Crippen LogP contribution in [0.15, 0.2) is 18.2 Å². The smallest absolute Gasteiger partial charge is 0.124 e. The lowest BCUT2D eigenvalue weighted by Crippen LogP contribution is -2.22. The maximum Gasteiger partial charge on any atom is 0.124 e. The maximum atomic E-state index is 7.48. The van der Waals surface area contributed by atoms with Crippen molar-refractivity contribution in [3.8, 4) is 0 Å². The molecule has 0 atom stereocenters. The molecule has 0 saturated heterocycles. The second kappa shape index (κ2) is 5.03. The van der Waals surface area contributed by atoms with Crippen LogP contribution in [0.4, 0.5) is 5.69 Å². The second-order valence-electron chi connectivity index (χ2n) is 3.50. The van der Waals surface area contributed by atoms with Gasteiger partial charge in [-0.05, 0) is 24.6 Å². The van der Waals surface area contributed by atoms with E-state index in [-0.39, 0.29) is 5.84 Å². The molecular formula is C11H16ClN3. The van der Waals surface area contributed by atoms with Gasteiger partial charge in [-0.2, -0.15) is 0 Å². The van der Waals surface area contributed by atoms with E-state index in [4.69, 9.17) is 22.7 Å². The number of nitrogens with one attached hydrogen (secondary N) is 1. The molecule has 3 N–H and O–H groups in total. The van der Waals surface area contributed by atoms with Gasteiger partial charge < -0.3 is 10.6 Å². The van der Waals surface area contributed by atoms with Crippen LogP contribution < -0.4 is 10.6 Å². The molecule has 1 aromatic rings. The number of nitrogens with two attached hydrogens (primary N) is 1. The Balaban J connectivity index is 3.12. The van der Waals surface area contributed by atoms with Crippen LogP contribution in [0.25, 0.3) is 0 Å². The largest absolute Gasteiger partial charge is 0.384 e. The highest BCUT2D eigenvalue weighted by atomic mass is 35.5. The highest BCUT2D eigenvalue weighted by molar-refractivity contribution is 6.31. The summed E-state index contributed by atoms with van der Waals surface area (Å²) in [5, 5.41) is 8.15. The third-order valence-corrected chi connectivity index (χ3v) is 2.46. The number of hydrogen-bond donors (Lipinski definition) is 2. The van der Waals surface area contributed by atoms with Crippen molar-refractivity contribution in [3.05, 3.63) is 28.8 Å². The standard InChI is InChI=1S/C11H16ClN3/c1-3-6-15(2)10-7-8(12)4-5-9(10)11(13)14/h4-5,7H,3,6H2,1-2H3,(H3,13,14). The van der Waals surface area contributed by atoms with E-state index in [1.165, 1.54) is 0 Å². The average molecular weight is 226 g/mol. The molecule has 0 amide bonds. The highest BCUT2D eigenvalue weighted by Crippen LogP contribution is 2.23. The maximum absolute atomic E-state index is 7.48. The lowest BCUT2D eigenvalue weighted by Gasteiger charge is -2.21. The van der Waals surface area contributed by atoms with E-state index in [9.17, 15) is 0 Å². The van der Waals surface area contributed by atoms with E-state index in [1.54, 1.807) is 12.1 Å². The van der Waals surface area contributed by atoms with Gasteiger partial charge in [0.05, 0.1) is 0 Å². The number of nitrogen functional groups attached to an aromatic ring is 1. The molecule has 0 aliphatic rings. The lowest BCUT2D eigenvalue weighted by atomic mass is 10.1. The van der Waals surface area contributed by atoms with Crippen molar-refractivity contribution < 1.29 is 0 Å². The number of amidine groups is 1. The Morgan fingerprint density at radius 1 is 1.53 bits per heavy atom. The zero-order chi connectivity index (χ0) is 11.4. The molecule has 82 valence electrons. The molecule has 0 heterocycles. The summed E-state index contributed by atoms with van der Waals surface area (Å²) in [5.41, 5.74) is 7.16. The monoisotopic (exact) mass is 225 g/mol. The van der Waals surface area contributed by atoms with E-state index in [0.29, 0.717) is 5.02 Å². The zero-order valence-electron chi connectivity index (χ0n) is 9.05. The summed E-state index contributed by atoms with van der Waals surface area (Å²) < 4.78 is 0. The SMILES string of the molecule is CCCN(C)c1cc(Cl)ccc1C(=N)N. The summed E-state index contributed by atoms with van der Waals surface area (Å²) in [6.07, 6.45) is 1.04. The van der Waals surface area contributed by atoms with Gasteiger partial charge in [0.15, 0.2) is 0 Å². The van der Waals surface area contributed by atoms with Crippen LogP contribution in [0, 0.1) is 5.41 Å². The lowest BCUT2D eigenvalue weighted by molar-refractivity contribution is 0.851. The summed E-state index contributed by atoms with van der Waals surface area (Å²) in [6, 6.07) is 5.38. The third-order valence-electron chi connectivity index (χ3n) is 2.22. The second-order valence-corrected chi connectivity index (χ2v) is 3.93. The number of rotatable bonds is 4. The summed E-state index contributed by atoms with van der Waals surface area (Å²) in [5.74, 6) is 0.0737. The van der Waals surface area contributed by atoms with Crippen LogP contribution in [-0.4, -0.2) is 19.4 Å². The fraction of sp³-hybridized carbons (Fsp3) is 0.364. The predicted molar refractivity (Wildman–Crippen MR) is 66.0 cm³/mol. The van der Waals surface area contributed by atoms with Gasteiger partial charge >= 0.3 is 0 Å². The van der Waals surface area contributed by atoms with Crippen molar-refractivity contribution in [3.63, 3.8) is 0 Å². The van der Waals surface area contributed by atoms with Crippen molar-refractivity contribution in [1.82, 2.24) is 0 Å². The number of nitrogens with zero attached hydrogens (tertiary/aromatic N) is 1. The van der Waals surface area contributed by atoms with Crippen molar-refractivity contribution >= 4 is 23.1 Å². The molecule has 0 aliphatic carbocycles. The molecule has 3 nitrogen and oxygen atoms in total. The normalized spacial score (nSPS) is 10.1. The molecule has 0 aliphatic heterocycles. The summed E-state index contributed by atoms with van der Waals surface area (Å²) in [7, 11) is 1.97. The van der Waals surface area contributed by atoms with Crippen LogP contribution in [0.1, 0.15) is 18.9 Å². The van der Waals surface area contributed by atoms with Gasteiger partial charge in [-0.3, -0.25) is 5.41 Å². The molecule has 0 bridgehead atoms. The van der Waals surface area contributed by atoms with Crippen molar-refractivity contribution in [2.24, 2.45) is 5.73 Å². The fourth-order valence-electron chi connectivity index (χ4n) is 1.50. The van der Waals surface area contributed by atoms with Crippen LogP contribution in [0.2, 0.25) is 5.02 Å². The van der Waals surface area contributed by atoms with Crippen LogP contribution in [0.3, 0.4) is 0 Å². The topological polar surface area (TPSA) is 53.1 Å². The molecule has 1 rings (SSSR count). The molecule has 0 saturated carbocycles. The minimum absolute atomic E-state index is 0.0737. The molecule has 0 spiro atoms. The van der Waals surface area contributed by atoms with Crippen LogP contribution in [-0.2, 0) is 0 Å². The van der Waals surface area contributed by atoms with Crippen molar-refractivity contribution in [1.29, 1.82) is 5.41 Å². The first-order valence-corrected chi connectivity index (χ1v) is 5.29. The van der Waals surface area contributed by atoms with Gasteiger partial charge in [-0.1, -0.05) is 18.5 Å². The summed E-state index contributed by atoms with van der Waals surface area (Å²) >= 11 is 5.93. The summed E-state index contributed by atoms with van der Waals surface area (Å²) in [4.78, 5) is 2.06. The third kappa shape index (κ3) is 2.86. The van der Waals surface area contributed by atoms with Crippen LogP contribution in [0.5, 0.6) is 0 Å². The molecule has 0 unspecified atom stereocenters. The van der Waals surface area contributed by atoms with Crippen molar-refractivity contribution in [2.75, 3.05) is 18.5 Å². The predicted octanol–water partition coefficient (Wildman–Crippen LogP) is 2.47. The van der Waals surface area contributed by atoms with E-state index in [2.05, 4.69) is 11.8 Å². The van der Waals surface area contributed by atoms with Gasteiger partial charge in [0, 0.05) is 29.9 Å². The highest BCUT2D eigenvalue weighted by Gasteiger charge is 2.09. The molecule has 1 aromatic carbocycles. The Hall–Kier alpha value is -1.22. The zero-order valence-corrected chi connectivity index (χ0v) is 9.80. The quantitative estimate of drug-likeness (QED) is 0.611. The fourth-order valence-corrected chi connectivity index (χ4v) is 1.67. The van der Waals surface area contributed by atoms with E-state index in [0.717, 1.165) is 24.2 Å². The van der Waals surface area contributed by atoms with E-state index >= 15 is 0 Å². The molecule has 0 fully saturated rings. The van der Waals surface area contributed by atoms with Gasteiger partial charge in [-0.15, -0.1) is 0 Å². The van der Waals surface area contributed by atoms with Gasteiger partial charge in [0.1, 0.15) is 5.84 Å². The molecule has 0 radical (unpaired) electrons. The number of halogens is 1. The Kier molecular flexibility index (Phi) is 3.97. The van der Waals surface area contributed by atoms with Gasteiger partial charge in [0.2, 0.25) is 0 Å². The Labute approximate surface area is 95.3 Å². The average Bonchev–Trinajstić information content (AvgIpc) is 2.17. The minimum atomic E-state index is 0.0737. The molecule has 0 aromatic heterocycles. The van der Waals surface area contributed by atoms with Gasteiger partial charge in [0.25, 0.3) is 0 Å². The molecule has 15 heavy (non-hydrogen) atoms. The Bertz CT molecular complexity index is 363. The first-order valence-electron chi connectivity index (χ1n) is 4.91. The summed E-state index contributed by atoms with van der Waals surface area (Å²) in [6.45, 7) is 3.02. The Morgan fingerprint density at radius 2 is 2.20 bits per heavy atom. The number of anilines is 1. The molecular weight excluding hydrogens is 210 g/mol. The van der Waals surface area contributed by atoms with Crippen molar-refractivity contribution in [2.45, 2.75) is 13.3 Å². The van der Waals surface area contributed by atoms with E-state index in [1.807, 2.05) is 13.1 Å². The minimum Gasteiger partial charge on any atom is -0.384 e. The molecule has 4 heteroatoms. The first-order chi connectivity index (χ1) is 7.06. The van der Waals surface area contributed by atoms with Crippen LogP contribution >= 0.6 is 11.6 Å².